The molecule has 2 fully saturated rings. The van der Waals surface area contributed by atoms with Gasteiger partial charge in [0.15, 0.2) is 28.6 Å². The van der Waals surface area contributed by atoms with Crippen molar-refractivity contribution in [1.82, 2.24) is 0 Å². The van der Waals surface area contributed by atoms with Gasteiger partial charge in [-0.3, -0.25) is 0 Å². The summed E-state index contributed by atoms with van der Waals surface area (Å²) in [7, 11) is 5.76. The van der Waals surface area contributed by atoms with E-state index in [0.717, 1.165) is 0 Å². The lowest BCUT2D eigenvalue weighted by molar-refractivity contribution is -0.273. The lowest BCUT2D eigenvalue weighted by Crippen LogP contribution is -2.59. The molecule has 0 aromatic heterocycles. The van der Waals surface area contributed by atoms with Crippen molar-refractivity contribution in [1.29, 1.82) is 0 Å². The molecule has 2 heterocycles. The SMILES string of the molecule is COc1ccc(C2OC(=O)C(O)(Cc3ccc(OC4OC(C)C(O)C(OC)C4O)c(OC)c3)C2CO)cc1OC. The number of aliphatic hydroxyl groups excluding tert-OH is 3. The number of benzene rings is 2. The van der Waals surface area contributed by atoms with E-state index in [-0.39, 0.29) is 17.9 Å². The van der Waals surface area contributed by atoms with Gasteiger partial charge in [-0.2, -0.15) is 0 Å². The topological polar surface area (TPSA) is 163 Å². The van der Waals surface area contributed by atoms with Crippen molar-refractivity contribution in [3.8, 4) is 23.0 Å². The minimum atomic E-state index is -2.04. The molecule has 2 aliphatic heterocycles. The molecule has 0 amide bonds. The van der Waals surface area contributed by atoms with Crippen LogP contribution in [0.2, 0.25) is 0 Å². The van der Waals surface area contributed by atoms with Crippen LogP contribution in [0.1, 0.15) is 24.2 Å². The number of esters is 1. The Morgan fingerprint density at radius 3 is 2.17 bits per heavy atom. The summed E-state index contributed by atoms with van der Waals surface area (Å²) in [6.07, 6.45) is -6.18. The Labute approximate surface area is 231 Å². The number of ether oxygens (including phenoxy) is 7. The van der Waals surface area contributed by atoms with E-state index >= 15 is 0 Å². The van der Waals surface area contributed by atoms with Crippen LogP contribution in [0.25, 0.3) is 0 Å². The third-order valence-corrected chi connectivity index (χ3v) is 7.50. The van der Waals surface area contributed by atoms with Crippen LogP contribution in [0.5, 0.6) is 23.0 Å². The van der Waals surface area contributed by atoms with Crippen molar-refractivity contribution in [2.24, 2.45) is 5.92 Å². The highest BCUT2D eigenvalue weighted by molar-refractivity contribution is 5.83. The number of rotatable bonds is 10. The summed E-state index contributed by atoms with van der Waals surface area (Å²) in [6, 6.07) is 9.70. The molecule has 12 heteroatoms. The maximum absolute atomic E-state index is 13.0. The van der Waals surface area contributed by atoms with E-state index in [0.29, 0.717) is 22.6 Å². The number of methoxy groups -OCH3 is 4. The zero-order valence-electron chi connectivity index (χ0n) is 23.0. The van der Waals surface area contributed by atoms with Crippen molar-refractivity contribution < 1.29 is 58.4 Å². The Hall–Kier alpha value is -3.13. The molecule has 8 atom stereocenters. The Bertz CT molecular complexity index is 1190. The average Bonchev–Trinajstić information content (AvgIpc) is 3.20. The quantitative estimate of drug-likeness (QED) is 0.300. The number of cyclic esters (lactones) is 1. The highest BCUT2D eigenvalue weighted by Crippen LogP contribution is 2.45. The van der Waals surface area contributed by atoms with Crippen LogP contribution in [-0.4, -0.2) is 97.7 Å². The van der Waals surface area contributed by atoms with Gasteiger partial charge in [-0.25, -0.2) is 4.79 Å². The summed E-state index contributed by atoms with van der Waals surface area (Å²) in [6.45, 7) is 1.11. The number of carbonyl (C=O) groups is 1. The summed E-state index contributed by atoms with van der Waals surface area (Å²) in [5, 5.41) is 42.5. The Kier molecular flexibility index (Phi) is 9.08. The molecule has 2 aromatic rings. The molecule has 0 spiro atoms. The Morgan fingerprint density at radius 2 is 1.55 bits per heavy atom. The number of hydrogen-bond acceptors (Lipinski definition) is 12. The van der Waals surface area contributed by atoms with Gasteiger partial charge in [0.05, 0.1) is 40.0 Å². The maximum atomic E-state index is 13.0. The molecule has 2 aliphatic rings. The molecule has 40 heavy (non-hydrogen) atoms. The second-order valence-electron chi connectivity index (χ2n) is 9.82. The molecular weight excluding hydrogens is 528 g/mol. The third kappa shape index (κ3) is 5.42. The minimum Gasteiger partial charge on any atom is -0.493 e. The first-order valence-corrected chi connectivity index (χ1v) is 12.8. The van der Waals surface area contributed by atoms with Gasteiger partial charge in [0.2, 0.25) is 6.29 Å². The fourth-order valence-corrected chi connectivity index (χ4v) is 5.21. The molecule has 12 nitrogen and oxygen atoms in total. The van der Waals surface area contributed by atoms with Gasteiger partial charge in [0, 0.05) is 13.5 Å². The largest absolute Gasteiger partial charge is 0.493 e. The fourth-order valence-electron chi connectivity index (χ4n) is 5.21. The highest BCUT2D eigenvalue weighted by atomic mass is 16.7. The van der Waals surface area contributed by atoms with Crippen molar-refractivity contribution in [2.75, 3.05) is 35.0 Å². The van der Waals surface area contributed by atoms with E-state index in [9.17, 15) is 25.2 Å². The maximum Gasteiger partial charge on any atom is 0.339 e. The molecule has 0 aliphatic carbocycles. The summed E-state index contributed by atoms with van der Waals surface area (Å²) in [5.74, 6) is -0.497. The van der Waals surface area contributed by atoms with Gasteiger partial charge >= 0.3 is 5.97 Å². The summed E-state index contributed by atoms with van der Waals surface area (Å²) in [5.41, 5.74) is -1.01. The van der Waals surface area contributed by atoms with E-state index in [1.165, 1.54) is 28.4 Å². The summed E-state index contributed by atoms with van der Waals surface area (Å²) < 4.78 is 38.3. The van der Waals surface area contributed by atoms with Crippen LogP contribution in [0.3, 0.4) is 0 Å². The Balaban J connectivity index is 1.56. The molecule has 220 valence electrons. The van der Waals surface area contributed by atoms with Crippen molar-refractivity contribution in [3.63, 3.8) is 0 Å². The molecule has 0 saturated carbocycles. The molecule has 4 rings (SSSR count). The van der Waals surface area contributed by atoms with Crippen LogP contribution in [0.4, 0.5) is 0 Å². The molecule has 0 bridgehead atoms. The lowest BCUT2D eigenvalue weighted by atomic mass is 9.80. The first kappa shape index (κ1) is 29.8. The lowest BCUT2D eigenvalue weighted by Gasteiger charge is -2.40. The first-order valence-electron chi connectivity index (χ1n) is 12.8. The number of aliphatic hydroxyl groups is 4. The molecule has 2 aromatic carbocycles. The van der Waals surface area contributed by atoms with Gasteiger partial charge in [0.25, 0.3) is 0 Å². The van der Waals surface area contributed by atoms with Gasteiger partial charge < -0.3 is 53.6 Å². The second kappa shape index (κ2) is 12.2. The van der Waals surface area contributed by atoms with Gasteiger partial charge in [-0.15, -0.1) is 0 Å². The van der Waals surface area contributed by atoms with Crippen LogP contribution < -0.4 is 18.9 Å². The average molecular weight is 565 g/mol. The van der Waals surface area contributed by atoms with Gasteiger partial charge in [0.1, 0.15) is 24.4 Å². The molecular formula is C28H36O12. The monoisotopic (exact) mass is 564 g/mol. The highest BCUT2D eigenvalue weighted by Gasteiger charge is 2.56. The van der Waals surface area contributed by atoms with Gasteiger partial charge in [-0.1, -0.05) is 12.1 Å². The zero-order valence-corrected chi connectivity index (χ0v) is 23.0. The van der Waals surface area contributed by atoms with E-state index in [1.54, 1.807) is 43.3 Å². The summed E-state index contributed by atoms with van der Waals surface area (Å²) >= 11 is 0. The standard InChI is InChI=1S/C28H36O12/c1-14-22(30)25(37-5)23(31)26(38-14)39-19-8-6-15(10-20(19)35-3)12-28(33)17(13-29)24(40-27(28)32)16-7-9-18(34-2)21(11-16)36-4/h6-11,14,17,22-26,29-31,33H,12-13H2,1-5H3. The third-order valence-electron chi connectivity index (χ3n) is 7.50. The molecule has 8 unspecified atom stereocenters. The first-order chi connectivity index (χ1) is 19.1. The number of hydrogen-bond donors (Lipinski definition) is 4. The predicted molar refractivity (Wildman–Crippen MR) is 138 cm³/mol. The van der Waals surface area contributed by atoms with Crippen molar-refractivity contribution >= 4 is 5.97 Å². The fraction of sp³-hybridized carbons (Fsp3) is 0.536. The van der Waals surface area contributed by atoms with Crippen molar-refractivity contribution in [2.45, 2.75) is 55.8 Å². The second-order valence-corrected chi connectivity index (χ2v) is 9.82. The predicted octanol–water partition coefficient (Wildman–Crippen LogP) is 0.753. The zero-order chi connectivity index (χ0) is 29.2. The van der Waals surface area contributed by atoms with Crippen LogP contribution in [0, 0.1) is 5.92 Å². The molecule has 0 radical (unpaired) electrons. The summed E-state index contributed by atoms with van der Waals surface area (Å²) in [4.78, 5) is 13.0. The van der Waals surface area contributed by atoms with E-state index in [4.69, 9.17) is 33.2 Å². The van der Waals surface area contributed by atoms with Crippen LogP contribution in [-0.2, 0) is 25.4 Å². The van der Waals surface area contributed by atoms with E-state index in [2.05, 4.69) is 0 Å². The molecule has 4 N–H and O–H groups in total. The smallest absolute Gasteiger partial charge is 0.339 e. The van der Waals surface area contributed by atoms with Crippen molar-refractivity contribution in [3.05, 3.63) is 47.5 Å². The number of carbonyl (C=O) groups excluding carboxylic acids is 1. The van der Waals surface area contributed by atoms with Crippen LogP contribution >= 0.6 is 0 Å². The Morgan fingerprint density at radius 1 is 0.900 bits per heavy atom. The minimum absolute atomic E-state index is 0.185. The van der Waals surface area contributed by atoms with Gasteiger partial charge in [-0.05, 0) is 42.3 Å². The van der Waals surface area contributed by atoms with Crippen LogP contribution in [0.15, 0.2) is 36.4 Å². The van der Waals surface area contributed by atoms with E-state index in [1.807, 2.05) is 0 Å². The van der Waals surface area contributed by atoms with E-state index < -0.39 is 60.9 Å². The molecule has 2 saturated heterocycles. The normalized spacial score (nSPS) is 31.9.